The highest BCUT2D eigenvalue weighted by atomic mass is 32.2. The van der Waals surface area contributed by atoms with E-state index in [0.717, 1.165) is 11.3 Å². The van der Waals surface area contributed by atoms with E-state index < -0.39 is 10.0 Å². The Morgan fingerprint density at radius 1 is 1.24 bits per heavy atom. The van der Waals surface area contributed by atoms with Gasteiger partial charge in [0.1, 0.15) is 4.21 Å². The van der Waals surface area contributed by atoms with Crippen molar-refractivity contribution in [1.82, 2.24) is 9.21 Å². The van der Waals surface area contributed by atoms with Crippen molar-refractivity contribution in [3.63, 3.8) is 0 Å². The molecule has 1 aromatic heterocycles. The molecule has 5 nitrogen and oxygen atoms in total. The summed E-state index contributed by atoms with van der Waals surface area (Å²) < 4.78 is 27.1. The lowest BCUT2D eigenvalue weighted by atomic mass is 10.3. The molecule has 0 aromatic carbocycles. The Morgan fingerprint density at radius 2 is 2.00 bits per heavy atom. The fourth-order valence-electron chi connectivity index (χ4n) is 2.43. The predicted molar refractivity (Wildman–Crippen MR) is 83.9 cm³/mol. The second kappa shape index (κ2) is 6.89. The first-order valence-corrected chi connectivity index (χ1v) is 9.55. The molecule has 1 aliphatic rings. The highest BCUT2D eigenvalue weighted by Gasteiger charge is 2.28. The number of thiophene rings is 1. The molecule has 0 spiro atoms. The lowest BCUT2D eigenvalue weighted by Gasteiger charge is -2.21. The number of aryl methyl sites for hydroxylation is 1. The fraction of sp³-hybridized carbons (Fsp3) is 0.643. The third-order valence-corrected chi connectivity index (χ3v) is 6.95. The molecule has 1 aliphatic heterocycles. The molecule has 1 amide bonds. The maximum absolute atomic E-state index is 12.6. The van der Waals surface area contributed by atoms with Gasteiger partial charge in [-0.15, -0.1) is 11.3 Å². The topological polar surface area (TPSA) is 57.7 Å². The fourth-order valence-corrected chi connectivity index (χ4v) is 5.34. The minimum Gasteiger partial charge on any atom is -0.341 e. The molecule has 1 fully saturated rings. The Morgan fingerprint density at radius 3 is 2.62 bits per heavy atom. The summed E-state index contributed by atoms with van der Waals surface area (Å²) in [6.07, 6.45) is 2.06. The second-order valence-electron chi connectivity index (χ2n) is 5.25. The first kappa shape index (κ1) is 16.5. The van der Waals surface area contributed by atoms with Gasteiger partial charge in [0, 0.05) is 37.5 Å². The van der Waals surface area contributed by atoms with Crippen LogP contribution in [-0.4, -0.2) is 49.7 Å². The Kier molecular flexibility index (Phi) is 5.40. The van der Waals surface area contributed by atoms with E-state index in [1.165, 1.54) is 15.6 Å². The molecule has 0 unspecified atom stereocenters. The molecule has 1 aromatic rings. The van der Waals surface area contributed by atoms with Gasteiger partial charge >= 0.3 is 0 Å². The number of carbonyl (C=O) groups is 1. The van der Waals surface area contributed by atoms with E-state index in [0.29, 0.717) is 43.2 Å². The van der Waals surface area contributed by atoms with Crippen LogP contribution in [0.5, 0.6) is 0 Å². The quantitative estimate of drug-likeness (QED) is 0.849. The molecule has 2 rings (SSSR count). The van der Waals surface area contributed by atoms with E-state index in [-0.39, 0.29) is 5.91 Å². The van der Waals surface area contributed by atoms with Crippen molar-refractivity contribution in [2.24, 2.45) is 0 Å². The van der Waals surface area contributed by atoms with Crippen LogP contribution in [0.2, 0.25) is 0 Å². The van der Waals surface area contributed by atoms with E-state index in [1.807, 2.05) is 19.9 Å². The van der Waals surface area contributed by atoms with Crippen LogP contribution in [0.4, 0.5) is 0 Å². The molecular weight excluding hydrogens is 308 g/mol. The number of carbonyl (C=O) groups excluding carboxylic acids is 1. The predicted octanol–water partition coefficient (Wildman–Crippen LogP) is 2.08. The maximum Gasteiger partial charge on any atom is 0.252 e. The lowest BCUT2D eigenvalue weighted by Crippen LogP contribution is -2.37. The zero-order valence-corrected chi connectivity index (χ0v) is 14.2. The number of amides is 1. The monoisotopic (exact) mass is 330 g/mol. The van der Waals surface area contributed by atoms with Gasteiger partial charge in [-0.05, 0) is 31.9 Å². The van der Waals surface area contributed by atoms with Crippen molar-refractivity contribution >= 4 is 27.3 Å². The summed E-state index contributed by atoms with van der Waals surface area (Å²) in [7, 11) is -3.41. The van der Waals surface area contributed by atoms with Crippen molar-refractivity contribution in [3.05, 3.63) is 17.0 Å². The first-order chi connectivity index (χ1) is 9.95. The number of nitrogens with zero attached hydrogens (tertiary/aromatic N) is 2. The van der Waals surface area contributed by atoms with Crippen LogP contribution in [-0.2, 0) is 14.8 Å². The van der Waals surface area contributed by atoms with Crippen LogP contribution < -0.4 is 0 Å². The standard InChI is InChI=1S/C14H22N2O3S2/c1-3-5-13(17)15-8-4-9-16(11-10-15)21(18,19)14-7-6-12(2)20-14/h6-7H,3-5,8-11H2,1-2H3. The molecule has 7 heteroatoms. The Bertz CT molecular complexity index is 595. The third-order valence-electron chi connectivity index (χ3n) is 3.58. The van der Waals surface area contributed by atoms with Crippen molar-refractivity contribution in [1.29, 1.82) is 0 Å². The molecule has 118 valence electrons. The van der Waals surface area contributed by atoms with Crippen molar-refractivity contribution in [3.8, 4) is 0 Å². The van der Waals surface area contributed by atoms with E-state index in [9.17, 15) is 13.2 Å². The number of rotatable bonds is 4. The maximum atomic E-state index is 12.6. The summed E-state index contributed by atoms with van der Waals surface area (Å²) in [5.74, 6) is 0.128. The molecule has 21 heavy (non-hydrogen) atoms. The van der Waals surface area contributed by atoms with E-state index >= 15 is 0 Å². The van der Waals surface area contributed by atoms with Gasteiger partial charge in [-0.25, -0.2) is 8.42 Å². The van der Waals surface area contributed by atoms with Gasteiger partial charge in [-0.1, -0.05) is 6.92 Å². The van der Waals surface area contributed by atoms with Gasteiger partial charge in [0.05, 0.1) is 0 Å². The lowest BCUT2D eigenvalue weighted by molar-refractivity contribution is -0.131. The van der Waals surface area contributed by atoms with E-state index in [2.05, 4.69) is 0 Å². The largest absolute Gasteiger partial charge is 0.341 e. The van der Waals surface area contributed by atoms with Crippen LogP contribution in [0, 0.1) is 6.92 Å². The first-order valence-electron chi connectivity index (χ1n) is 7.29. The third kappa shape index (κ3) is 3.84. The van der Waals surface area contributed by atoms with Crippen LogP contribution in [0.15, 0.2) is 16.3 Å². The van der Waals surface area contributed by atoms with Gasteiger partial charge in [0.2, 0.25) is 5.91 Å². The minimum atomic E-state index is -3.41. The summed E-state index contributed by atoms with van der Waals surface area (Å²) in [5, 5.41) is 0. The van der Waals surface area contributed by atoms with Gasteiger partial charge in [0.25, 0.3) is 10.0 Å². The average Bonchev–Trinajstić information content (AvgIpc) is 2.74. The van der Waals surface area contributed by atoms with Crippen molar-refractivity contribution in [2.45, 2.75) is 37.3 Å². The smallest absolute Gasteiger partial charge is 0.252 e. The Labute approximate surface area is 130 Å². The van der Waals surface area contributed by atoms with Gasteiger partial charge < -0.3 is 4.90 Å². The van der Waals surface area contributed by atoms with E-state index in [1.54, 1.807) is 11.0 Å². The highest BCUT2D eigenvalue weighted by molar-refractivity contribution is 7.91. The summed E-state index contributed by atoms with van der Waals surface area (Å²) >= 11 is 1.30. The zero-order chi connectivity index (χ0) is 15.5. The van der Waals surface area contributed by atoms with E-state index in [4.69, 9.17) is 0 Å². The zero-order valence-electron chi connectivity index (χ0n) is 12.5. The van der Waals surface area contributed by atoms with Crippen LogP contribution in [0.25, 0.3) is 0 Å². The van der Waals surface area contributed by atoms with Gasteiger partial charge in [0.15, 0.2) is 0 Å². The number of hydrogen-bond donors (Lipinski definition) is 0. The molecule has 0 saturated carbocycles. The normalized spacial score (nSPS) is 17.7. The van der Waals surface area contributed by atoms with Gasteiger partial charge in [-0.2, -0.15) is 4.31 Å². The van der Waals surface area contributed by atoms with Crippen LogP contribution in [0.1, 0.15) is 31.1 Å². The SMILES string of the molecule is CCCC(=O)N1CCCN(S(=O)(=O)c2ccc(C)s2)CC1. The molecular formula is C14H22N2O3S2. The number of sulfonamides is 1. The molecule has 0 bridgehead atoms. The Balaban J connectivity index is 2.07. The second-order valence-corrected chi connectivity index (χ2v) is 8.71. The summed E-state index contributed by atoms with van der Waals surface area (Å²) in [6, 6.07) is 3.49. The highest BCUT2D eigenvalue weighted by Crippen LogP contribution is 2.25. The molecule has 0 radical (unpaired) electrons. The van der Waals surface area contributed by atoms with Crippen molar-refractivity contribution in [2.75, 3.05) is 26.2 Å². The summed E-state index contributed by atoms with van der Waals surface area (Å²) in [6.45, 7) is 5.88. The molecule has 0 aliphatic carbocycles. The van der Waals surface area contributed by atoms with Crippen molar-refractivity contribution < 1.29 is 13.2 Å². The van der Waals surface area contributed by atoms with Crippen LogP contribution in [0.3, 0.4) is 0 Å². The Hall–Kier alpha value is -0.920. The molecule has 1 saturated heterocycles. The number of hydrogen-bond acceptors (Lipinski definition) is 4. The van der Waals surface area contributed by atoms with Crippen LogP contribution >= 0.6 is 11.3 Å². The minimum absolute atomic E-state index is 0.128. The summed E-state index contributed by atoms with van der Waals surface area (Å²) in [4.78, 5) is 14.7. The molecule has 0 atom stereocenters. The summed E-state index contributed by atoms with van der Waals surface area (Å²) in [5.41, 5.74) is 0. The van der Waals surface area contributed by atoms with Gasteiger partial charge in [-0.3, -0.25) is 4.79 Å². The molecule has 0 N–H and O–H groups in total. The molecule has 2 heterocycles. The average molecular weight is 330 g/mol.